The quantitative estimate of drug-likeness (QED) is 0.450. The van der Waals surface area contributed by atoms with Crippen LogP contribution in [0.25, 0.3) is 0 Å². The van der Waals surface area contributed by atoms with Gasteiger partial charge in [0.05, 0.1) is 22.7 Å². The van der Waals surface area contributed by atoms with Gasteiger partial charge in [0, 0.05) is 11.4 Å². The van der Waals surface area contributed by atoms with Gasteiger partial charge in [0.1, 0.15) is 0 Å². The molecule has 1 aliphatic rings. The molecule has 1 heterocycles. The fraction of sp³-hybridized carbons (Fsp3) is 0. The largest absolute Gasteiger partial charge is 0.488 e. The zero-order chi connectivity index (χ0) is 19.8. The van der Waals surface area contributed by atoms with Gasteiger partial charge >= 0.3 is 7.12 Å². The van der Waals surface area contributed by atoms with E-state index < -0.39 is 7.12 Å². The van der Waals surface area contributed by atoms with Crippen molar-refractivity contribution in [2.24, 2.45) is 0 Å². The van der Waals surface area contributed by atoms with Crippen molar-refractivity contribution >= 4 is 46.7 Å². The van der Waals surface area contributed by atoms with Gasteiger partial charge < -0.3 is 19.8 Å². The van der Waals surface area contributed by atoms with Crippen LogP contribution < -0.4 is 15.3 Å². The smallest absolute Gasteiger partial charge is 0.423 e. The van der Waals surface area contributed by atoms with E-state index in [9.17, 15) is 10.0 Å². The SMILES string of the molecule is OB(O)c1ccc(N2c3ccccc3N(c3ccccc3)c3ccccc32)cc1. The minimum atomic E-state index is -1.47. The number of rotatable bonds is 3. The molecule has 4 aromatic carbocycles. The summed E-state index contributed by atoms with van der Waals surface area (Å²) in [7, 11) is -1.47. The molecule has 0 radical (unpaired) electrons. The number of fused-ring (bicyclic) bond motifs is 2. The second-order valence-electron chi connectivity index (χ2n) is 6.95. The fourth-order valence-corrected chi connectivity index (χ4v) is 3.87. The normalized spacial score (nSPS) is 12.3. The molecule has 0 aromatic heterocycles. The summed E-state index contributed by atoms with van der Waals surface area (Å²) >= 11 is 0. The highest BCUT2D eigenvalue weighted by molar-refractivity contribution is 6.58. The Morgan fingerprint density at radius 1 is 0.448 bits per heavy atom. The Hall–Kier alpha value is -3.54. The van der Waals surface area contributed by atoms with Crippen molar-refractivity contribution in [1.82, 2.24) is 0 Å². The Morgan fingerprint density at radius 2 is 0.828 bits per heavy atom. The fourth-order valence-electron chi connectivity index (χ4n) is 3.87. The van der Waals surface area contributed by atoms with Crippen LogP contribution in [0.3, 0.4) is 0 Å². The third kappa shape index (κ3) is 2.97. The van der Waals surface area contributed by atoms with Gasteiger partial charge in [-0.1, -0.05) is 54.6 Å². The lowest BCUT2D eigenvalue weighted by atomic mass is 9.80. The van der Waals surface area contributed by atoms with Crippen molar-refractivity contribution in [1.29, 1.82) is 0 Å². The van der Waals surface area contributed by atoms with Gasteiger partial charge in [0.2, 0.25) is 0 Å². The zero-order valence-corrected chi connectivity index (χ0v) is 15.7. The molecular weight excluding hydrogens is 359 g/mol. The predicted octanol–water partition coefficient (Wildman–Crippen LogP) is 4.62. The van der Waals surface area contributed by atoms with Crippen molar-refractivity contribution in [3.05, 3.63) is 103 Å². The third-order valence-corrected chi connectivity index (χ3v) is 5.19. The summed E-state index contributed by atoms with van der Waals surface area (Å²) in [4.78, 5) is 4.48. The van der Waals surface area contributed by atoms with Crippen LogP contribution in [-0.4, -0.2) is 17.2 Å². The summed E-state index contributed by atoms with van der Waals surface area (Å²) < 4.78 is 0. The van der Waals surface area contributed by atoms with Crippen molar-refractivity contribution < 1.29 is 10.0 Å². The van der Waals surface area contributed by atoms with Gasteiger partial charge in [-0.05, 0) is 54.0 Å². The molecule has 1 aliphatic heterocycles. The van der Waals surface area contributed by atoms with Gasteiger partial charge in [0.25, 0.3) is 0 Å². The Balaban J connectivity index is 1.72. The summed E-state index contributed by atoms with van der Waals surface area (Å²) in [5, 5.41) is 18.9. The van der Waals surface area contributed by atoms with Crippen LogP contribution in [0.4, 0.5) is 34.1 Å². The van der Waals surface area contributed by atoms with E-state index in [-0.39, 0.29) is 0 Å². The minimum absolute atomic E-state index is 0.471. The van der Waals surface area contributed by atoms with Crippen LogP contribution in [0.5, 0.6) is 0 Å². The van der Waals surface area contributed by atoms with Gasteiger partial charge in [-0.3, -0.25) is 0 Å². The average Bonchev–Trinajstić information content (AvgIpc) is 2.78. The van der Waals surface area contributed by atoms with Gasteiger partial charge in [-0.25, -0.2) is 0 Å². The standard InChI is InChI=1S/C24H19BN2O2/c28-25(29)18-14-16-20(17-15-18)27-23-12-6-4-10-21(23)26(19-8-2-1-3-9-19)22-11-5-7-13-24(22)27/h1-17,28-29H. The molecule has 4 aromatic rings. The Kier molecular flexibility index (Phi) is 4.32. The maximum Gasteiger partial charge on any atom is 0.488 e. The Labute approximate surface area is 170 Å². The first-order valence-electron chi connectivity index (χ1n) is 9.53. The Morgan fingerprint density at radius 3 is 1.24 bits per heavy atom. The van der Waals surface area contributed by atoms with E-state index in [2.05, 4.69) is 46.2 Å². The molecule has 0 spiro atoms. The first-order valence-corrected chi connectivity index (χ1v) is 9.53. The molecule has 0 fully saturated rings. The lowest BCUT2D eigenvalue weighted by molar-refractivity contribution is 0.426. The molecule has 0 unspecified atom stereocenters. The second-order valence-corrected chi connectivity index (χ2v) is 6.95. The topological polar surface area (TPSA) is 46.9 Å². The molecular formula is C24H19BN2O2. The maximum absolute atomic E-state index is 9.44. The number of hydrogen-bond acceptors (Lipinski definition) is 4. The molecule has 140 valence electrons. The van der Waals surface area contributed by atoms with Crippen molar-refractivity contribution in [2.45, 2.75) is 0 Å². The van der Waals surface area contributed by atoms with Crippen molar-refractivity contribution in [3.63, 3.8) is 0 Å². The summed E-state index contributed by atoms with van der Waals surface area (Å²) in [5.74, 6) is 0. The van der Waals surface area contributed by atoms with E-state index in [1.165, 1.54) is 0 Å². The first kappa shape index (κ1) is 17.6. The first-order chi connectivity index (χ1) is 14.2. The second kappa shape index (κ2) is 7.13. The molecule has 0 bridgehead atoms. The summed E-state index contributed by atoms with van der Waals surface area (Å²) in [5.41, 5.74) is 6.83. The van der Waals surface area contributed by atoms with E-state index in [1.807, 2.05) is 54.6 Å². The predicted molar refractivity (Wildman–Crippen MR) is 119 cm³/mol. The molecule has 2 N–H and O–H groups in total. The van der Waals surface area contributed by atoms with Crippen LogP contribution >= 0.6 is 0 Å². The van der Waals surface area contributed by atoms with Crippen LogP contribution in [0, 0.1) is 0 Å². The zero-order valence-electron chi connectivity index (χ0n) is 15.7. The molecule has 0 atom stereocenters. The highest BCUT2D eigenvalue weighted by Gasteiger charge is 2.29. The molecule has 5 heteroatoms. The van der Waals surface area contributed by atoms with Crippen LogP contribution in [-0.2, 0) is 0 Å². The summed E-state index contributed by atoms with van der Waals surface area (Å²) in [6, 6.07) is 34.3. The van der Waals surface area contributed by atoms with Crippen molar-refractivity contribution in [3.8, 4) is 0 Å². The molecule has 5 rings (SSSR count). The van der Waals surface area contributed by atoms with Crippen LogP contribution in [0.15, 0.2) is 103 Å². The molecule has 29 heavy (non-hydrogen) atoms. The van der Waals surface area contributed by atoms with Gasteiger partial charge in [0.15, 0.2) is 0 Å². The Bertz CT molecular complexity index is 1100. The van der Waals surface area contributed by atoms with E-state index in [0.717, 1.165) is 34.1 Å². The van der Waals surface area contributed by atoms with E-state index in [1.54, 1.807) is 12.1 Å². The molecule has 0 aliphatic carbocycles. The lowest BCUT2D eigenvalue weighted by Gasteiger charge is -2.40. The lowest BCUT2D eigenvalue weighted by Crippen LogP contribution is -2.30. The van der Waals surface area contributed by atoms with Gasteiger partial charge in [-0.15, -0.1) is 0 Å². The van der Waals surface area contributed by atoms with Gasteiger partial charge in [-0.2, -0.15) is 0 Å². The third-order valence-electron chi connectivity index (χ3n) is 5.19. The number of benzene rings is 4. The summed E-state index contributed by atoms with van der Waals surface area (Å²) in [6.07, 6.45) is 0. The van der Waals surface area contributed by atoms with Crippen molar-refractivity contribution in [2.75, 3.05) is 9.80 Å². The minimum Gasteiger partial charge on any atom is -0.423 e. The number of para-hydroxylation sites is 5. The highest BCUT2D eigenvalue weighted by Crippen LogP contribution is 2.53. The molecule has 4 nitrogen and oxygen atoms in total. The maximum atomic E-state index is 9.44. The van der Waals surface area contributed by atoms with E-state index in [4.69, 9.17) is 0 Å². The van der Waals surface area contributed by atoms with Crippen LogP contribution in [0.1, 0.15) is 0 Å². The molecule has 0 amide bonds. The number of hydrogen-bond donors (Lipinski definition) is 2. The molecule has 0 saturated heterocycles. The summed E-state index contributed by atoms with van der Waals surface area (Å²) in [6.45, 7) is 0. The van der Waals surface area contributed by atoms with Crippen LogP contribution in [0.2, 0.25) is 0 Å². The monoisotopic (exact) mass is 378 g/mol. The highest BCUT2D eigenvalue weighted by atomic mass is 16.4. The number of nitrogens with zero attached hydrogens (tertiary/aromatic N) is 2. The van der Waals surface area contributed by atoms with E-state index in [0.29, 0.717) is 5.46 Å². The van der Waals surface area contributed by atoms with E-state index >= 15 is 0 Å². The molecule has 0 saturated carbocycles. The number of anilines is 6. The average molecular weight is 378 g/mol.